The molecule has 0 saturated carbocycles. The van der Waals surface area contributed by atoms with E-state index in [0.29, 0.717) is 29.5 Å². The fraction of sp³-hybridized carbons (Fsp3) is 0.176. The van der Waals surface area contributed by atoms with E-state index in [0.717, 1.165) is 11.3 Å². The van der Waals surface area contributed by atoms with E-state index in [1.807, 2.05) is 31.2 Å². The Morgan fingerprint density at radius 3 is 2.91 bits per heavy atom. The van der Waals surface area contributed by atoms with Crippen LogP contribution in [-0.2, 0) is 6.54 Å². The Bertz CT molecular complexity index is 845. The van der Waals surface area contributed by atoms with Gasteiger partial charge in [0.25, 0.3) is 5.91 Å². The van der Waals surface area contributed by atoms with Crippen molar-refractivity contribution in [2.75, 3.05) is 6.61 Å². The third-order valence-electron chi connectivity index (χ3n) is 3.36. The van der Waals surface area contributed by atoms with Gasteiger partial charge in [0.1, 0.15) is 17.1 Å². The smallest absolute Gasteiger partial charge is 0.271 e. The summed E-state index contributed by atoms with van der Waals surface area (Å²) in [4.78, 5) is 16.6. The van der Waals surface area contributed by atoms with Gasteiger partial charge in [-0.3, -0.25) is 4.79 Å². The standard InChI is InChI=1S/C17H16ClN3O2/c1-2-23-15-6-4-3-5-12(15)9-19-17(22)14-11-21-10-13(18)7-8-16(21)20-14/h3-8,10-11H,2,9H2,1H3,(H,19,22). The number of nitrogens with one attached hydrogen (secondary N) is 1. The molecule has 118 valence electrons. The summed E-state index contributed by atoms with van der Waals surface area (Å²) < 4.78 is 7.28. The first-order valence-corrected chi connectivity index (χ1v) is 7.68. The predicted octanol–water partition coefficient (Wildman–Crippen LogP) is 3.32. The lowest BCUT2D eigenvalue weighted by atomic mass is 10.2. The summed E-state index contributed by atoms with van der Waals surface area (Å²) in [7, 11) is 0. The van der Waals surface area contributed by atoms with Gasteiger partial charge in [-0.15, -0.1) is 0 Å². The minimum Gasteiger partial charge on any atom is -0.494 e. The number of hydrogen-bond acceptors (Lipinski definition) is 3. The van der Waals surface area contributed by atoms with Gasteiger partial charge < -0.3 is 14.5 Å². The Kier molecular flexibility index (Phi) is 4.48. The van der Waals surface area contributed by atoms with Gasteiger partial charge >= 0.3 is 0 Å². The highest BCUT2D eigenvalue weighted by Gasteiger charge is 2.11. The SMILES string of the molecule is CCOc1ccccc1CNC(=O)c1cn2cc(Cl)ccc2n1. The molecule has 1 N–H and O–H groups in total. The van der Waals surface area contributed by atoms with Crippen LogP contribution < -0.4 is 10.1 Å². The third-order valence-corrected chi connectivity index (χ3v) is 3.58. The minimum atomic E-state index is -0.240. The number of aromatic nitrogens is 2. The molecule has 0 atom stereocenters. The molecular formula is C17H16ClN3O2. The first-order valence-electron chi connectivity index (χ1n) is 7.30. The average molecular weight is 330 g/mol. The van der Waals surface area contributed by atoms with E-state index in [2.05, 4.69) is 10.3 Å². The number of fused-ring (bicyclic) bond motifs is 1. The van der Waals surface area contributed by atoms with Crippen molar-refractivity contribution in [3.63, 3.8) is 0 Å². The molecule has 0 bridgehead atoms. The number of rotatable bonds is 5. The summed E-state index contributed by atoms with van der Waals surface area (Å²) in [5, 5.41) is 3.45. The van der Waals surface area contributed by atoms with Crippen molar-refractivity contribution < 1.29 is 9.53 Å². The summed E-state index contributed by atoms with van der Waals surface area (Å²) in [5.74, 6) is 0.535. The van der Waals surface area contributed by atoms with Gasteiger partial charge in [-0.25, -0.2) is 4.98 Å². The number of ether oxygens (including phenoxy) is 1. The summed E-state index contributed by atoms with van der Waals surface area (Å²) in [5.41, 5.74) is 1.95. The molecular weight excluding hydrogens is 314 g/mol. The molecule has 0 fully saturated rings. The number of imidazole rings is 1. The van der Waals surface area contributed by atoms with Crippen molar-refractivity contribution in [2.24, 2.45) is 0 Å². The van der Waals surface area contributed by atoms with Crippen LogP contribution in [0.15, 0.2) is 48.8 Å². The molecule has 0 spiro atoms. The Hall–Kier alpha value is -2.53. The molecule has 6 heteroatoms. The lowest BCUT2D eigenvalue weighted by Gasteiger charge is -2.10. The van der Waals surface area contributed by atoms with E-state index in [9.17, 15) is 4.79 Å². The fourth-order valence-corrected chi connectivity index (χ4v) is 2.45. The van der Waals surface area contributed by atoms with Crippen molar-refractivity contribution in [1.29, 1.82) is 0 Å². The molecule has 5 nitrogen and oxygen atoms in total. The van der Waals surface area contributed by atoms with E-state index in [4.69, 9.17) is 16.3 Å². The zero-order valence-corrected chi connectivity index (χ0v) is 13.4. The Balaban J connectivity index is 1.73. The number of pyridine rings is 1. The third kappa shape index (κ3) is 3.46. The van der Waals surface area contributed by atoms with Crippen molar-refractivity contribution in [3.8, 4) is 5.75 Å². The van der Waals surface area contributed by atoms with Crippen LogP contribution in [0.25, 0.3) is 5.65 Å². The van der Waals surface area contributed by atoms with E-state index in [-0.39, 0.29) is 5.91 Å². The molecule has 1 aromatic carbocycles. The molecule has 0 aliphatic heterocycles. The first-order chi connectivity index (χ1) is 11.2. The van der Waals surface area contributed by atoms with Crippen LogP contribution in [0, 0.1) is 0 Å². The van der Waals surface area contributed by atoms with Gasteiger partial charge in [0, 0.05) is 24.5 Å². The summed E-state index contributed by atoms with van der Waals surface area (Å²) in [6.45, 7) is 2.89. The maximum atomic E-state index is 12.3. The molecule has 0 aliphatic rings. The molecule has 3 aromatic rings. The summed E-state index contributed by atoms with van der Waals surface area (Å²) >= 11 is 5.93. The lowest BCUT2D eigenvalue weighted by molar-refractivity contribution is 0.0946. The van der Waals surface area contributed by atoms with Crippen LogP contribution >= 0.6 is 11.6 Å². The van der Waals surface area contributed by atoms with E-state index >= 15 is 0 Å². The maximum Gasteiger partial charge on any atom is 0.271 e. The van der Waals surface area contributed by atoms with Gasteiger partial charge in [-0.05, 0) is 25.1 Å². The van der Waals surface area contributed by atoms with Gasteiger partial charge in [-0.2, -0.15) is 0 Å². The number of carbonyl (C=O) groups excluding carboxylic acids is 1. The highest BCUT2D eigenvalue weighted by atomic mass is 35.5. The normalized spacial score (nSPS) is 10.7. The number of halogens is 1. The van der Waals surface area contributed by atoms with E-state index in [1.165, 1.54) is 0 Å². The number of amides is 1. The zero-order valence-electron chi connectivity index (χ0n) is 12.6. The quantitative estimate of drug-likeness (QED) is 0.781. The topological polar surface area (TPSA) is 55.6 Å². The first kappa shape index (κ1) is 15.4. The summed E-state index contributed by atoms with van der Waals surface area (Å²) in [6.07, 6.45) is 3.37. The molecule has 0 aliphatic carbocycles. The largest absolute Gasteiger partial charge is 0.494 e. The maximum absolute atomic E-state index is 12.3. The van der Waals surface area contributed by atoms with Crippen LogP contribution in [0.3, 0.4) is 0 Å². The number of benzene rings is 1. The molecule has 3 rings (SSSR count). The van der Waals surface area contributed by atoms with Gasteiger partial charge in [0.2, 0.25) is 0 Å². The number of nitrogens with zero attached hydrogens (tertiary/aromatic N) is 2. The second kappa shape index (κ2) is 6.71. The van der Waals surface area contributed by atoms with Crippen molar-refractivity contribution in [2.45, 2.75) is 13.5 Å². The Labute approximate surface area is 138 Å². The fourth-order valence-electron chi connectivity index (χ4n) is 2.29. The Morgan fingerprint density at radius 2 is 2.09 bits per heavy atom. The number of para-hydroxylation sites is 1. The molecule has 23 heavy (non-hydrogen) atoms. The van der Waals surface area contributed by atoms with Crippen LogP contribution in [-0.4, -0.2) is 21.9 Å². The number of carbonyl (C=O) groups is 1. The average Bonchev–Trinajstić information content (AvgIpc) is 2.97. The molecule has 0 unspecified atom stereocenters. The molecule has 2 aromatic heterocycles. The van der Waals surface area contributed by atoms with Crippen LogP contribution in [0.1, 0.15) is 23.0 Å². The Morgan fingerprint density at radius 1 is 1.26 bits per heavy atom. The van der Waals surface area contributed by atoms with Crippen LogP contribution in [0.5, 0.6) is 5.75 Å². The highest BCUT2D eigenvalue weighted by molar-refractivity contribution is 6.30. The van der Waals surface area contributed by atoms with Crippen LogP contribution in [0.4, 0.5) is 0 Å². The van der Waals surface area contributed by atoms with E-state index < -0.39 is 0 Å². The predicted molar refractivity (Wildman–Crippen MR) is 89.0 cm³/mol. The van der Waals surface area contributed by atoms with Crippen LogP contribution in [0.2, 0.25) is 5.02 Å². The summed E-state index contributed by atoms with van der Waals surface area (Å²) in [6, 6.07) is 11.1. The zero-order chi connectivity index (χ0) is 16.2. The van der Waals surface area contributed by atoms with Crippen molar-refractivity contribution in [1.82, 2.24) is 14.7 Å². The second-order valence-electron chi connectivity index (χ2n) is 4.96. The van der Waals surface area contributed by atoms with E-state index in [1.54, 1.807) is 28.9 Å². The van der Waals surface area contributed by atoms with Gasteiger partial charge in [0.15, 0.2) is 0 Å². The second-order valence-corrected chi connectivity index (χ2v) is 5.40. The molecule has 0 saturated heterocycles. The minimum absolute atomic E-state index is 0.240. The molecule has 2 heterocycles. The lowest BCUT2D eigenvalue weighted by Crippen LogP contribution is -2.23. The molecule has 1 amide bonds. The monoisotopic (exact) mass is 329 g/mol. The highest BCUT2D eigenvalue weighted by Crippen LogP contribution is 2.18. The molecule has 0 radical (unpaired) electrons. The van der Waals surface area contributed by atoms with Gasteiger partial charge in [-0.1, -0.05) is 29.8 Å². The van der Waals surface area contributed by atoms with Crippen molar-refractivity contribution >= 4 is 23.2 Å². The van der Waals surface area contributed by atoms with Gasteiger partial charge in [0.05, 0.1) is 11.6 Å². The van der Waals surface area contributed by atoms with Crippen molar-refractivity contribution in [3.05, 3.63) is 65.1 Å². The number of hydrogen-bond donors (Lipinski definition) is 1.